The zero-order valence-corrected chi connectivity index (χ0v) is 17.1. The number of hydrogen-bond donors (Lipinski definition) is 0. The van der Waals surface area contributed by atoms with E-state index in [1.165, 1.54) is 5.56 Å². The van der Waals surface area contributed by atoms with Crippen LogP contribution in [0, 0.1) is 5.92 Å². The second-order valence-electron chi connectivity index (χ2n) is 7.96. The summed E-state index contributed by atoms with van der Waals surface area (Å²) in [5, 5.41) is 0. The summed E-state index contributed by atoms with van der Waals surface area (Å²) in [5.41, 5.74) is 1.87. The number of carbonyl (C=O) groups is 3. The van der Waals surface area contributed by atoms with E-state index in [-0.39, 0.29) is 30.1 Å². The number of hydrogen-bond acceptors (Lipinski definition) is 3. The maximum absolute atomic E-state index is 13.0. The van der Waals surface area contributed by atoms with E-state index in [1.54, 1.807) is 4.90 Å². The van der Waals surface area contributed by atoms with Gasteiger partial charge in [-0.2, -0.15) is 0 Å². The third-order valence-corrected chi connectivity index (χ3v) is 5.98. The van der Waals surface area contributed by atoms with Crippen molar-refractivity contribution in [2.45, 2.75) is 12.8 Å². The zero-order chi connectivity index (χ0) is 20.9. The van der Waals surface area contributed by atoms with Crippen molar-refractivity contribution in [1.29, 1.82) is 0 Å². The highest BCUT2D eigenvalue weighted by Crippen LogP contribution is 2.22. The van der Waals surface area contributed by atoms with Gasteiger partial charge in [0.2, 0.25) is 11.8 Å². The Morgan fingerprint density at radius 3 is 2.10 bits per heavy atom. The van der Waals surface area contributed by atoms with Crippen LogP contribution in [0.25, 0.3) is 0 Å². The van der Waals surface area contributed by atoms with E-state index in [0.717, 1.165) is 6.42 Å². The molecule has 0 aliphatic carbocycles. The van der Waals surface area contributed by atoms with Crippen LogP contribution >= 0.6 is 0 Å². The van der Waals surface area contributed by atoms with Gasteiger partial charge < -0.3 is 14.7 Å². The average molecular weight is 405 g/mol. The highest BCUT2D eigenvalue weighted by Gasteiger charge is 2.37. The predicted octanol–water partition coefficient (Wildman–Crippen LogP) is 2.06. The van der Waals surface area contributed by atoms with Crippen LogP contribution in [-0.4, -0.2) is 71.7 Å². The van der Waals surface area contributed by atoms with Crippen LogP contribution in [0.1, 0.15) is 22.3 Å². The minimum atomic E-state index is -0.273. The van der Waals surface area contributed by atoms with Gasteiger partial charge >= 0.3 is 0 Å². The van der Waals surface area contributed by atoms with E-state index in [0.29, 0.717) is 44.8 Å². The molecule has 2 aliphatic rings. The summed E-state index contributed by atoms with van der Waals surface area (Å²) in [6.45, 7) is 3.23. The van der Waals surface area contributed by atoms with Crippen molar-refractivity contribution in [3.8, 4) is 0 Å². The first-order valence-electron chi connectivity index (χ1n) is 10.6. The number of benzene rings is 2. The minimum Gasteiger partial charge on any atom is -0.342 e. The molecule has 2 fully saturated rings. The summed E-state index contributed by atoms with van der Waals surface area (Å²) < 4.78 is 0. The molecule has 2 aliphatic heterocycles. The quantitative estimate of drug-likeness (QED) is 0.765. The summed E-state index contributed by atoms with van der Waals surface area (Å²) in [6, 6.07) is 19.3. The Morgan fingerprint density at radius 2 is 1.43 bits per heavy atom. The molecule has 4 rings (SSSR count). The van der Waals surface area contributed by atoms with E-state index < -0.39 is 0 Å². The standard InChI is InChI=1S/C24H27N3O3/c28-22-17-21(18-27(22)12-11-19-7-3-1-4-8-19)24(30)26-15-13-25(14-16-26)23(29)20-9-5-2-6-10-20/h1-10,21H,11-18H2. The number of rotatable bonds is 5. The molecule has 6 nitrogen and oxygen atoms in total. The predicted molar refractivity (Wildman–Crippen MR) is 114 cm³/mol. The first-order valence-corrected chi connectivity index (χ1v) is 10.6. The Labute approximate surface area is 177 Å². The fourth-order valence-electron chi connectivity index (χ4n) is 4.21. The molecule has 0 bridgehead atoms. The molecule has 2 aromatic rings. The highest BCUT2D eigenvalue weighted by molar-refractivity contribution is 5.94. The lowest BCUT2D eigenvalue weighted by Crippen LogP contribution is -2.52. The van der Waals surface area contributed by atoms with Crippen LogP contribution in [-0.2, 0) is 16.0 Å². The molecule has 0 saturated carbocycles. The molecule has 6 heteroatoms. The third kappa shape index (κ3) is 4.53. The fraction of sp³-hybridized carbons (Fsp3) is 0.375. The van der Waals surface area contributed by atoms with Gasteiger partial charge in [-0.15, -0.1) is 0 Å². The molecule has 156 valence electrons. The van der Waals surface area contributed by atoms with E-state index >= 15 is 0 Å². The second kappa shape index (κ2) is 9.11. The van der Waals surface area contributed by atoms with Gasteiger partial charge in [0.05, 0.1) is 5.92 Å². The first-order chi connectivity index (χ1) is 14.6. The molecule has 3 amide bonds. The maximum Gasteiger partial charge on any atom is 0.253 e. The topological polar surface area (TPSA) is 60.9 Å². The lowest BCUT2D eigenvalue weighted by molar-refractivity contribution is -0.137. The van der Waals surface area contributed by atoms with Gasteiger partial charge in [-0.05, 0) is 24.1 Å². The molecule has 30 heavy (non-hydrogen) atoms. The first kappa shape index (κ1) is 20.1. The summed E-state index contributed by atoms with van der Waals surface area (Å²) >= 11 is 0. The molecule has 0 radical (unpaired) electrons. The van der Waals surface area contributed by atoms with Gasteiger partial charge in [-0.1, -0.05) is 48.5 Å². The number of amides is 3. The van der Waals surface area contributed by atoms with E-state index in [1.807, 2.05) is 58.3 Å². The van der Waals surface area contributed by atoms with Crippen LogP contribution in [0.15, 0.2) is 60.7 Å². The van der Waals surface area contributed by atoms with E-state index in [9.17, 15) is 14.4 Å². The minimum absolute atomic E-state index is 0.00540. The van der Waals surface area contributed by atoms with Crippen molar-refractivity contribution in [3.63, 3.8) is 0 Å². The van der Waals surface area contributed by atoms with Crippen LogP contribution in [0.3, 0.4) is 0 Å². The molecular weight excluding hydrogens is 378 g/mol. The molecular formula is C24H27N3O3. The molecule has 2 heterocycles. The van der Waals surface area contributed by atoms with Gasteiger partial charge in [-0.25, -0.2) is 0 Å². The molecule has 0 aromatic heterocycles. The Balaban J connectivity index is 1.27. The summed E-state index contributed by atoms with van der Waals surface area (Å²) in [7, 11) is 0. The van der Waals surface area contributed by atoms with Crippen molar-refractivity contribution < 1.29 is 14.4 Å². The maximum atomic E-state index is 13.0. The fourth-order valence-corrected chi connectivity index (χ4v) is 4.21. The van der Waals surface area contributed by atoms with E-state index in [2.05, 4.69) is 12.1 Å². The lowest BCUT2D eigenvalue weighted by Gasteiger charge is -2.36. The Morgan fingerprint density at radius 1 is 0.833 bits per heavy atom. The summed E-state index contributed by atoms with van der Waals surface area (Å²) in [6.07, 6.45) is 1.09. The third-order valence-electron chi connectivity index (χ3n) is 5.98. The van der Waals surface area contributed by atoms with Crippen molar-refractivity contribution in [2.24, 2.45) is 5.92 Å². The van der Waals surface area contributed by atoms with Crippen LogP contribution < -0.4 is 0 Å². The van der Waals surface area contributed by atoms with Gasteiger partial charge in [-0.3, -0.25) is 14.4 Å². The number of carbonyl (C=O) groups excluding carboxylic acids is 3. The molecule has 2 aromatic carbocycles. The largest absolute Gasteiger partial charge is 0.342 e. The Hall–Kier alpha value is -3.15. The SMILES string of the molecule is O=C1CC(C(=O)N2CCN(C(=O)c3ccccc3)CC2)CN1CCc1ccccc1. The van der Waals surface area contributed by atoms with Crippen LogP contribution in [0.2, 0.25) is 0 Å². The molecule has 0 N–H and O–H groups in total. The van der Waals surface area contributed by atoms with Crippen molar-refractivity contribution >= 4 is 17.7 Å². The normalized spacial score (nSPS) is 19.3. The molecule has 1 atom stereocenters. The average Bonchev–Trinajstić information content (AvgIpc) is 3.18. The molecule has 1 unspecified atom stereocenters. The Kier molecular flexibility index (Phi) is 6.12. The van der Waals surface area contributed by atoms with E-state index in [4.69, 9.17) is 0 Å². The number of likely N-dealkylation sites (tertiary alicyclic amines) is 1. The summed E-state index contributed by atoms with van der Waals surface area (Å²) in [5.74, 6) is -0.171. The second-order valence-corrected chi connectivity index (χ2v) is 7.96. The zero-order valence-electron chi connectivity index (χ0n) is 17.1. The van der Waals surface area contributed by atoms with Gasteiger partial charge in [0.15, 0.2) is 0 Å². The van der Waals surface area contributed by atoms with Gasteiger partial charge in [0, 0.05) is 51.3 Å². The Bertz CT molecular complexity index is 892. The van der Waals surface area contributed by atoms with Crippen LogP contribution in [0.5, 0.6) is 0 Å². The molecule has 2 saturated heterocycles. The van der Waals surface area contributed by atoms with Gasteiger partial charge in [0.25, 0.3) is 5.91 Å². The lowest BCUT2D eigenvalue weighted by atomic mass is 10.1. The monoisotopic (exact) mass is 405 g/mol. The van der Waals surface area contributed by atoms with Gasteiger partial charge in [0.1, 0.15) is 0 Å². The van der Waals surface area contributed by atoms with Crippen molar-refractivity contribution in [3.05, 3.63) is 71.8 Å². The summed E-state index contributed by atoms with van der Waals surface area (Å²) in [4.78, 5) is 43.3. The number of nitrogens with zero attached hydrogens (tertiary/aromatic N) is 3. The van der Waals surface area contributed by atoms with Crippen molar-refractivity contribution in [1.82, 2.24) is 14.7 Å². The number of piperazine rings is 1. The highest BCUT2D eigenvalue weighted by atomic mass is 16.2. The van der Waals surface area contributed by atoms with Crippen LogP contribution in [0.4, 0.5) is 0 Å². The van der Waals surface area contributed by atoms with Crippen molar-refractivity contribution in [2.75, 3.05) is 39.3 Å². The molecule has 0 spiro atoms. The smallest absolute Gasteiger partial charge is 0.253 e.